The number of hydrogen-bond donors (Lipinski definition) is 1. The van der Waals surface area contributed by atoms with Crippen LogP contribution >= 0.6 is 11.8 Å². The Morgan fingerprint density at radius 2 is 1.86 bits per heavy atom. The molecule has 0 spiro atoms. The van der Waals surface area contributed by atoms with Gasteiger partial charge < -0.3 is 10.0 Å². The Bertz CT molecular complexity index is 223. The Balaban J connectivity index is 3.91. The molecule has 0 aliphatic heterocycles. The van der Waals surface area contributed by atoms with Crippen molar-refractivity contribution < 1.29 is 14.7 Å². The van der Waals surface area contributed by atoms with Crippen molar-refractivity contribution in [3.8, 4) is 0 Å². The highest BCUT2D eigenvalue weighted by atomic mass is 32.2. The van der Waals surface area contributed by atoms with E-state index < -0.39 is 5.97 Å². The largest absolute Gasteiger partial charge is 0.480 e. The number of carbonyl (C=O) groups excluding carboxylic acids is 1. The molecule has 0 aromatic rings. The lowest BCUT2D eigenvalue weighted by atomic mass is 10.3. The van der Waals surface area contributed by atoms with Gasteiger partial charge in [0.25, 0.3) is 0 Å². The first-order valence-corrected chi connectivity index (χ1v) is 5.30. The molecule has 0 atom stereocenters. The van der Waals surface area contributed by atoms with E-state index in [1.165, 1.54) is 23.7 Å². The Hall–Kier alpha value is -0.710. The second kappa shape index (κ2) is 5.24. The zero-order chi connectivity index (χ0) is 11.4. The molecule has 14 heavy (non-hydrogen) atoms. The SMILES string of the molecule is CN(CC(=O)O)C(=O)CSC(C)(C)C. The number of carboxylic acids is 1. The summed E-state index contributed by atoms with van der Waals surface area (Å²) in [5.41, 5.74) is 0. The summed E-state index contributed by atoms with van der Waals surface area (Å²) in [6.07, 6.45) is 0. The average molecular weight is 219 g/mol. The van der Waals surface area contributed by atoms with E-state index >= 15 is 0 Å². The summed E-state index contributed by atoms with van der Waals surface area (Å²) in [5, 5.41) is 8.46. The lowest BCUT2D eigenvalue weighted by Gasteiger charge is -2.20. The third-order valence-corrected chi connectivity index (χ3v) is 2.68. The van der Waals surface area contributed by atoms with Crippen LogP contribution in [0.4, 0.5) is 0 Å². The maximum absolute atomic E-state index is 11.4. The molecule has 0 radical (unpaired) electrons. The topological polar surface area (TPSA) is 57.6 Å². The van der Waals surface area contributed by atoms with E-state index in [1.54, 1.807) is 0 Å². The molecule has 0 unspecified atom stereocenters. The predicted octanol–water partition coefficient (Wildman–Crippen LogP) is 1.06. The highest BCUT2D eigenvalue weighted by Gasteiger charge is 2.16. The van der Waals surface area contributed by atoms with Crippen LogP contribution in [-0.4, -0.2) is 46.0 Å². The summed E-state index contributed by atoms with van der Waals surface area (Å²) in [7, 11) is 1.50. The van der Waals surface area contributed by atoms with Gasteiger partial charge in [-0.1, -0.05) is 20.8 Å². The third kappa shape index (κ3) is 6.77. The van der Waals surface area contributed by atoms with Crippen LogP contribution in [0.5, 0.6) is 0 Å². The van der Waals surface area contributed by atoms with Crippen molar-refractivity contribution in [1.29, 1.82) is 0 Å². The predicted molar refractivity (Wildman–Crippen MR) is 57.5 cm³/mol. The van der Waals surface area contributed by atoms with Crippen molar-refractivity contribution >= 4 is 23.6 Å². The first kappa shape index (κ1) is 13.3. The molecule has 0 saturated heterocycles. The van der Waals surface area contributed by atoms with Crippen LogP contribution < -0.4 is 0 Å². The molecule has 0 aromatic heterocycles. The van der Waals surface area contributed by atoms with Crippen LogP contribution in [0.25, 0.3) is 0 Å². The number of likely N-dealkylation sites (N-methyl/N-ethyl adjacent to an activating group) is 1. The fourth-order valence-corrected chi connectivity index (χ4v) is 1.46. The summed E-state index contributed by atoms with van der Waals surface area (Å²) in [5.74, 6) is -0.804. The van der Waals surface area contributed by atoms with Gasteiger partial charge in [0.1, 0.15) is 6.54 Å². The molecule has 0 bridgehead atoms. The van der Waals surface area contributed by atoms with Crippen LogP contribution in [0.2, 0.25) is 0 Å². The van der Waals surface area contributed by atoms with Crippen molar-refractivity contribution in [3.63, 3.8) is 0 Å². The van der Waals surface area contributed by atoms with E-state index in [1.807, 2.05) is 20.8 Å². The summed E-state index contributed by atoms with van der Waals surface area (Å²) >= 11 is 1.51. The van der Waals surface area contributed by atoms with Crippen LogP contribution in [0, 0.1) is 0 Å². The van der Waals surface area contributed by atoms with Gasteiger partial charge in [-0.05, 0) is 0 Å². The van der Waals surface area contributed by atoms with E-state index in [0.717, 1.165) is 0 Å². The molecule has 0 rings (SSSR count). The number of amides is 1. The normalized spacial score (nSPS) is 11.1. The van der Waals surface area contributed by atoms with Crippen LogP contribution in [-0.2, 0) is 9.59 Å². The molecule has 0 aromatic carbocycles. The minimum Gasteiger partial charge on any atom is -0.480 e. The number of thioether (sulfide) groups is 1. The molecule has 1 amide bonds. The Morgan fingerprint density at radius 3 is 2.21 bits per heavy atom. The highest BCUT2D eigenvalue weighted by Crippen LogP contribution is 2.22. The molecular weight excluding hydrogens is 202 g/mol. The van der Waals surface area contributed by atoms with Gasteiger partial charge in [-0.25, -0.2) is 0 Å². The van der Waals surface area contributed by atoms with Gasteiger partial charge in [0.15, 0.2) is 0 Å². The van der Waals surface area contributed by atoms with Crippen molar-refractivity contribution in [2.45, 2.75) is 25.5 Å². The lowest BCUT2D eigenvalue weighted by Crippen LogP contribution is -2.34. The molecular formula is C9H17NO3S. The van der Waals surface area contributed by atoms with E-state index in [0.29, 0.717) is 5.75 Å². The fraction of sp³-hybridized carbons (Fsp3) is 0.778. The van der Waals surface area contributed by atoms with Gasteiger partial charge in [-0.3, -0.25) is 9.59 Å². The number of aliphatic carboxylic acids is 1. The van der Waals surface area contributed by atoms with Crippen molar-refractivity contribution in [3.05, 3.63) is 0 Å². The van der Waals surface area contributed by atoms with Crippen molar-refractivity contribution in [2.24, 2.45) is 0 Å². The molecule has 0 saturated carbocycles. The molecule has 82 valence electrons. The summed E-state index contributed by atoms with van der Waals surface area (Å²) < 4.78 is 0.0275. The van der Waals surface area contributed by atoms with Gasteiger partial charge in [-0.2, -0.15) is 0 Å². The Kier molecular flexibility index (Phi) is 4.97. The molecule has 0 aliphatic carbocycles. The minimum absolute atomic E-state index is 0.0275. The minimum atomic E-state index is -0.985. The van der Waals surface area contributed by atoms with Gasteiger partial charge in [-0.15, -0.1) is 11.8 Å². The quantitative estimate of drug-likeness (QED) is 0.768. The molecule has 0 aliphatic rings. The van der Waals surface area contributed by atoms with E-state index in [4.69, 9.17) is 5.11 Å². The standard InChI is InChI=1S/C9H17NO3S/c1-9(2,3)14-6-7(11)10(4)5-8(12)13/h5-6H2,1-4H3,(H,12,13). The zero-order valence-electron chi connectivity index (χ0n) is 9.03. The number of nitrogens with zero attached hydrogens (tertiary/aromatic N) is 1. The number of carboxylic acid groups (broad SMARTS) is 1. The number of carbonyl (C=O) groups is 2. The molecule has 5 heteroatoms. The maximum atomic E-state index is 11.4. The second-order valence-corrected chi connectivity index (χ2v) is 5.85. The number of rotatable bonds is 4. The summed E-state index contributed by atoms with van der Waals surface area (Å²) in [4.78, 5) is 22.9. The van der Waals surface area contributed by atoms with E-state index in [-0.39, 0.29) is 17.2 Å². The Morgan fingerprint density at radius 1 is 1.36 bits per heavy atom. The highest BCUT2D eigenvalue weighted by molar-refractivity contribution is 8.01. The average Bonchev–Trinajstić information content (AvgIpc) is 1.97. The fourth-order valence-electron chi connectivity index (χ4n) is 0.680. The summed E-state index contributed by atoms with van der Waals surface area (Å²) in [6, 6.07) is 0. The van der Waals surface area contributed by atoms with Crippen LogP contribution in [0.15, 0.2) is 0 Å². The van der Waals surface area contributed by atoms with E-state index in [9.17, 15) is 9.59 Å². The van der Waals surface area contributed by atoms with E-state index in [2.05, 4.69) is 0 Å². The van der Waals surface area contributed by atoms with Gasteiger partial charge >= 0.3 is 5.97 Å². The molecule has 4 nitrogen and oxygen atoms in total. The monoisotopic (exact) mass is 219 g/mol. The van der Waals surface area contributed by atoms with Gasteiger partial charge in [0.05, 0.1) is 5.75 Å². The van der Waals surface area contributed by atoms with Crippen LogP contribution in [0.1, 0.15) is 20.8 Å². The lowest BCUT2D eigenvalue weighted by molar-refractivity contribution is -0.142. The smallest absolute Gasteiger partial charge is 0.323 e. The Labute approximate surface area is 88.7 Å². The zero-order valence-corrected chi connectivity index (χ0v) is 9.85. The van der Waals surface area contributed by atoms with Crippen molar-refractivity contribution in [2.75, 3.05) is 19.3 Å². The molecule has 0 fully saturated rings. The first-order valence-electron chi connectivity index (χ1n) is 4.32. The molecule has 1 N–H and O–H groups in total. The third-order valence-electron chi connectivity index (χ3n) is 1.43. The number of hydrogen-bond acceptors (Lipinski definition) is 3. The molecule has 0 heterocycles. The maximum Gasteiger partial charge on any atom is 0.323 e. The van der Waals surface area contributed by atoms with Gasteiger partial charge in [0.2, 0.25) is 5.91 Å². The second-order valence-electron chi connectivity index (χ2n) is 4.04. The first-order chi connectivity index (χ1) is 6.22. The van der Waals surface area contributed by atoms with Crippen molar-refractivity contribution in [1.82, 2.24) is 4.90 Å². The van der Waals surface area contributed by atoms with Gasteiger partial charge in [0, 0.05) is 11.8 Å². The van der Waals surface area contributed by atoms with Crippen LogP contribution in [0.3, 0.4) is 0 Å². The summed E-state index contributed by atoms with van der Waals surface area (Å²) in [6.45, 7) is 5.82.